The average Bonchev–Trinajstić information content (AvgIpc) is 2.42. The van der Waals surface area contributed by atoms with Gasteiger partial charge in [0.15, 0.2) is 0 Å². The van der Waals surface area contributed by atoms with Gasteiger partial charge in [0.05, 0.1) is 5.75 Å². The number of hydrogen-bond acceptors (Lipinski definition) is 3. The van der Waals surface area contributed by atoms with Crippen molar-refractivity contribution in [2.75, 3.05) is 31.9 Å². The Balaban J connectivity index is 1.89. The molecule has 1 fully saturated rings. The van der Waals surface area contributed by atoms with Crippen molar-refractivity contribution in [2.45, 2.75) is 20.4 Å². The minimum atomic E-state index is -3.02. The van der Waals surface area contributed by atoms with Crippen LogP contribution in [0.25, 0.3) is 0 Å². The third-order valence-corrected chi connectivity index (χ3v) is 5.50. The second-order valence-corrected chi connectivity index (χ2v) is 7.32. The highest BCUT2D eigenvalue weighted by molar-refractivity contribution is 7.89. The Kier molecular flexibility index (Phi) is 4.60. The number of aryl methyl sites for hydroxylation is 1. The minimum Gasteiger partial charge on any atom is -0.296 e. The van der Waals surface area contributed by atoms with Crippen LogP contribution < -0.4 is 0 Å². The molecule has 19 heavy (non-hydrogen) atoms. The summed E-state index contributed by atoms with van der Waals surface area (Å²) >= 11 is 0. The van der Waals surface area contributed by atoms with E-state index in [1.807, 2.05) is 0 Å². The van der Waals surface area contributed by atoms with Crippen LogP contribution in [0.15, 0.2) is 24.3 Å². The molecule has 0 N–H and O–H groups in total. The third-order valence-electron chi connectivity index (χ3n) is 3.62. The van der Waals surface area contributed by atoms with E-state index in [9.17, 15) is 8.42 Å². The molecule has 4 nitrogen and oxygen atoms in total. The van der Waals surface area contributed by atoms with Crippen LogP contribution in [0.2, 0.25) is 0 Å². The van der Waals surface area contributed by atoms with E-state index in [4.69, 9.17) is 0 Å². The summed E-state index contributed by atoms with van der Waals surface area (Å²) in [5.74, 6) is 0.199. The standard InChI is InChI=1S/C14H22N2O2S/c1-3-19(17,18)16-10-8-15(9-11-16)12-14-6-4-13(2)5-7-14/h4-7H,3,8-12H2,1-2H3. The fraction of sp³-hybridized carbons (Fsp3) is 0.571. The molecule has 0 atom stereocenters. The zero-order valence-electron chi connectivity index (χ0n) is 11.7. The summed E-state index contributed by atoms with van der Waals surface area (Å²) in [6.45, 7) is 7.54. The van der Waals surface area contributed by atoms with Crippen LogP contribution in [-0.2, 0) is 16.6 Å². The lowest BCUT2D eigenvalue weighted by Gasteiger charge is -2.33. The predicted molar refractivity (Wildman–Crippen MR) is 77.5 cm³/mol. The van der Waals surface area contributed by atoms with Gasteiger partial charge in [-0.1, -0.05) is 29.8 Å². The van der Waals surface area contributed by atoms with Gasteiger partial charge in [-0.05, 0) is 19.4 Å². The summed E-state index contributed by atoms with van der Waals surface area (Å²) in [6.07, 6.45) is 0. The zero-order valence-corrected chi connectivity index (χ0v) is 12.5. The first-order chi connectivity index (χ1) is 9.01. The Morgan fingerprint density at radius 3 is 2.16 bits per heavy atom. The van der Waals surface area contributed by atoms with Crippen LogP contribution in [0.5, 0.6) is 0 Å². The van der Waals surface area contributed by atoms with Crippen LogP contribution in [0.3, 0.4) is 0 Å². The second-order valence-electron chi connectivity index (χ2n) is 5.06. The maximum absolute atomic E-state index is 11.8. The van der Waals surface area contributed by atoms with E-state index < -0.39 is 10.0 Å². The van der Waals surface area contributed by atoms with Crippen LogP contribution in [0.1, 0.15) is 18.1 Å². The van der Waals surface area contributed by atoms with E-state index >= 15 is 0 Å². The fourth-order valence-corrected chi connectivity index (χ4v) is 3.38. The molecule has 1 aromatic carbocycles. The lowest BCUT2D eigenvalue weighted by Crippen LogP contribution is -2.48. The maximum atomic E-state index is 11.8. The van der Waals surface area contributed by atoms with E-state index in [1.165, 1.54) is 11.1 Å². The lowest BCUT2D eigenvalue weighted by atomic mass is 10.1. The molecule has 0 spiro atoms. The van der Waals surface area contributed by atoms with Crippen LogP contribution >= 0.6 is 0 Å². The number of nitrogens with zero attached hydrogens (tertiary/aromatic N) is 2. The summed E-state index contributed by atoms with van der Waals surface area (Å²) in [4.78, 5) is 2.31. The molecule has 2 rings (SSSR count). The highest BCUT2D eigenvalue weighted by Gasteiger charge is 2.25. The molecule has 0 radical (unpaired) electrons. The first kappa shape index (κ1) is 14.5. The van der Waals surface area contributed by atoms with Gasteiger partial charge in [0.1, 0.15) is 0 Å². The molecule has 1 saturated heterocycles. The van der Waals surface area contributed by atoms with Crippen molar-refractivity contribution >= 4 is 10.0 Å². The number of sulfonamides is 1. The molecule has 0 amide bonds. The van der Waals surface area contributed by atoms with Gasteiger partial charge >= 0.3 is 0 Å². The van der Waals surface area contributed by atoms with Crippen molar-refractivity contribution < 1.29 is 8.42 Å². The van der Waals surface area contributed by atoms with E-state index in [2.05, 4.69) is 36.1 Å². The Hall–Kier alpha value is -0.910. The number of benzene rings is 1. The van der Waals surface area contributed by atoms with Crippen molar-refractivity contribution in [3.05, 3.63) is 35.4 Å². The molecule has 1 aliphatic heterocycles. The Morgan fingerprint density at radius 1 is 1.05 bits per heavy atom. The normalized spacial score (nSPS) is 18.6. The molecule has 106 valence electrons. The van der Waals surface area contributed by atoms with E-state index in [0.717, 1.165) is 19.6 Å². The number of rotatable bonds is 4. The summed E-state index contributed by atoms with van der Waals surface area (Å²) in [6, 6.07) is 8.52. The van der Waals surface area contributed by atoms with Gasteiger partial charge in [0, 0.05) is 32.7 Å². The molecule has 5 heteroatoms. The first-order valence-corrected chi connectivity index (χ1v) is 8.38. The average molecular weight is 282 g/mol. The fourth-order valence-electron chi connectivity index (χ4n) is 2.30. The van der Waals surface area contributed by atoms with Gasteiger partial charge < -0.3 is 0 Å². The van der Waals surface area contributed by atoms with Gasteiger partial charge in [-0.25, -0.2) is 8.42 Å². The Morgan fingerprint density at radius 2 is 1.63 bits per heavy atom. The van der Waals surface area contributed by atoms with E-state index in [0.29, 0.717) is 13.1 Å². The van der Waals surface area contributed by atoms with Crippen molar-refractivity contribution in [1.82, 2.24) is 9.21 Å². The summed E-state index contributed by atoms with van der Waals surface area (Å²) in [5, 5.41) is 0. The molecule has 0 unspecified atom stereocenters. The van der Waals surface area contributed by atoms with Crippen LogP contribution in [0.4, 0.5) is 0 Å². The topological polar surface area (TPSA) is 40.6 Å². The molecule has 1 heterocycles. The second kappa shape index (κ2) is 6.03. The van der Waals surface area contributed by atoms with Crippen molar-refractivity contribution in [3.8, 4) is 0 Å². The monoisotopic (exact) mass is 282 g/mol. The summed E-state index contributed by atoms with van der Waals surface area (Å²) < 4.78 is 25.1. The van der Waals surface area contributed by atoms with Crippen LogP contribution in [-0.4, -0.2) is 49.6 Å². The molecular formula is C14H22N2O2S. The molecule has 0 bridgehead atoms. The first-order valence-electron chi connectivity index (χ1n) is 6.77. The van der Waals surface area contributed by atoms with Gasteiger partial charge in [0.2, 0.25) is 10.0 Å². The lowest BCUT2D eigenvalue weighted by molar-refractivity contribution is 0.181. The molecule has 1 aliphatic rings. The smallest absolute Gasteiger partial charge is 0.213 e. The summed E-state index contributed by atoms with van der Waals surface area (Å²) in [7, 11) is -3.02. The number of piperazine rings is 1. The van der Waals surface area contributed by atoms with Crippen molar-refractivity contribution in [3.63, 3.8) is 0 Å². The molecule has 0 aromatic heterocycles. The molecular weight excluding hydrogens is 260 g/mol. The molecule has 0 saturated carbocycles. The van der Waals surface area contributed by atoms with E-state index in [1.54, 1.807) is 11.2 Å². The van der Waals surface area contributed by atoms with E-state index in [-0.39, 0.29) is 5.75 Å². The van der Waals surface area contributed by atoms with Gasteiger partial charge in [-0.15, -0.1) is 0 Å². The minimum absolute atomic E-state index is 0.199. The maximum Gasteiger partial charge on any atom is 0.213 e. The molecule has 1 aromatic rings. The van der Waals surface area contributed by atoms with Crippen molar-refractivity contribution in [2.24, 2.45) is 0 Å². The predicted octanol–water partition coefficient (Wildman–Crippen LogP) is 1.46. The zero-order chi connectivity index (χ0) is 13.9. The number of hydrogen-bond donors (Lipinski definition) is 0. The molecule has 0 aliphatic carbocycles. The summed E-state index contributed by atoms with van der Waals surface area (Å²) in [5.41, 5.74) is 2.56. The third kappa shape index (κ3) is 3.78. The Bertz CT molecular complexity index is 503. The quantitative estimate of drug-likeness (QED) is 0.839. The highest BCUT2D eigenvalue weighted by Crippen LogP contribution is 2.12. The van der Waals surface area contributed by atoms with Gasteiger partial charge in [-0.3, -0.25) is 4.90 Å². The van der Waals surface area contributed by atoms with Crippen molar-refractivity contribution in [1.29, 1.82) is 0 Å². The SMILES string of the molecule is CCS(=O)(=O)N1CCN(Cc2ccc(C)cc2)CC1. The van der Waals surface area contributed by atoms with Crippen LogP contribution in [0, 0.1) is 6.92 Å². The highest BCUT2D eigenvalue weighted by atomic mass is 32.2. The van der Waals surface area contributed by atoms with Gasteiger partial charge in [0.25, 0.3) is 0 Å². The Labute approximate surface area is 116 Å². The van der Waals surface area contributed by atoms with Gasteiger partial charge in [-0.2, -0.15) is 4.31 Å². The largest absolute Gasteiger partial charge is 0.296 e.